The Bertz CT molecular complexity index is 1650. The molecule has 1 N–H and O–H groups in total. The maximum Gasteiger partial charge on any atom is 0.246 e. The number of ether oxygens (including phenoxy) is 1. The third-order valence-electron chi connectivity index (χ3n) is 6.93. The number of H-pyrrole nitrogens is 1. The summed E-state index contributed by atoms with van der Waals surface area (Å²) < 4.78 is 17.7. The van der Waals surface area contributed by atoms with Gasteiger partial charge in [0.1, 0.15) is 23.6 Å². The number of nitrogens with one attached hydrogen (secondary N) is 1. The van der Waals surface area contributed by atoms with Crippen molar-refractivity contribution in [1.82, 2.24) is 30.5 Å². The molecule has 198 valence electrons. The number of amides is 1. The Labute approximate surface area is 224 Å². The fraction of sp³-hybridized carbons (Fsp3) is 0.276. The maximum atomic E-state index is 12.9. The summed E-state index contributed by atoms with van der Waals surface area (Å²) in [5.74, 6) is 2.50. The molecular formula is C29H28N6O4. The molecule has 0 spiro atoms. The van der Waals surface area contributed by atoms with E-state index >= 15 is 0 Å². The van der Waals surface area contributed by atoms with E-state index in [2.05, 4.69) is 34.5 Å². The number of hydrogen-bond donors (Lipinski definition) is 1. The van der Waals surface area contributed by atoms with Crippen LogP contribution in [0.4, 0.5) is 0 Å². The van der Waals surface area contributed by atoms with E-state index in [1.807, 2.05) is 42.2 Å². The molecule has 0 radical (unpaired) electrons. The van der Waals surface area contributed by atoms with Gasteiger partial charge in [-0.25, -0.2) is 4.98 Å². The van der Waals surface area contributed by atoms with Crippen molar-refractivity contribution in [1.29, 1.82) is 0 Å². The third-order valence-corrected chi connectivity index (χ3v) is 6.93. The molecule has 6 rings (SSSR count). The van der Waals surface area contributed by atoms with Gasteiger partial charge in [0.25, 0.3) is 0 Å². The van der Waals surface area contributed by atoms with Crippen molar-refractivity contribution in [3.63, 3.8) is 0 Å². The second kappa shape index (κ2) is 10.2. The van der Waals surface area contributed by atoms with Crippen molar-refractivity contribution < 1.29 is 18.4 Å². The standard InChI is InChI=1S/C29H28N6O4/c1-17(2)29-30-27-23(18(3)6-8-24(27)39-29)16-38-25-14-20-15-35(26(36)9-7-21-5-4-12-37-21)11-10-19(20)13-22(25)28-31-33-34-32-28/h4-9,12-14,17H,10-11,15-16H2,1-3H3,(H,31,32,33,34)/b9-7+. The lowest BCUT2D eigenvalue weighted by Crippen LogP contribution is -2.34. The lowest BCUT2D eigenvalue weighted by atomic mass is 9.96. The molecule has 3 aromatic heterocycles. The number of carbonyl (C=O) groups excluding carboxylic acids is 1. The molecule has 0 fully saturated rings. The summed E-state index contributed by atoms with van der Waals surface area (Å²) in [6.45, 7) is 7.50. The highest BCUT2D eigenvalue weighted by Gasteiger charge is 2.24. The third kappa shape index (κ3) is 4.93. The van der Waals surface area contributed by atoms with Gasteiger partial charge < -0.3 is 18.5 Å². The quantitative estimate of drug-likeness (QED) is 0.288. The highest BCUT2D eigenvalue weighted by atomic mass is 16.5. The molecule has 0 aliphatic carbocycles. The van der Waals surface area contributed by atoms with Crippen LogP contribution >= 0.6 is 0 Å². The number of fused-ring (bicyclic) bond motifs is 2. The molecule has 0 atom stereocenters. The van der Waals surface area contributed by atoms with Gasteiger partial charge in [0, 0.05) is 30.6 Å². The number of rotatable bonds is 7. The topological polar surface area (TPSA) is 123 Å². The minimum absolute atomic E-state index is 0.0731. The number of carbonyl (C=O) groups is 1. The predicted molar refractivity (Wildman–Crippen MR) is 144 cm³/mol. The van der Waals surface area contributed by atoms with Crippen LogP contribution in [0, 0.1) is 6.92 Å². The van der Waals surface area contributed by atoms with Crippen LogP contribution in [0.1, 0.15) is 53.7 Å². The predicted octanol–water partition coefficient (Wildman–Crippen LogP) is 5.21. The number of nitrogens with zero attached hydrogens (tertiary/aromatic N) is 5. The van der Waals surface area contributed by atoms with Crippen LogP contribution in [0.25, 0.3) is 28.6 Å². The summed E-state index contributed by atoms with van der Waals surface area (Å²) in [5.41, 5.74) is 6.44. The Morgan fingerprint density at radius 1 is 1.23 bits per heavy atom. The van der Waals surface area contributed by atoms with E-state index in [-0.39, 0.29) is 18.4 Å². The van der Waals surface area contributed by atoms with Crippen LogP contribution in [0.15, 0.2) is 57.6 Å². The fourth-order valence-corrected chi connectivity index (χ4v) is 4.74. The summed E-state index contributed by atoms with van der Waals surface area (Å²) in [4.78, 5) is 19.4. The zero-order chi connectivity index (χ0) is 26.9. The number of aromatic amines is 1. The molecule has 1 aliphatic rings. The zero-order valence-electron chi connectivity index (χ0n) is 22.0. The number of aryl methyl sites for hydroxylation is 1. The average Bonchev–Trinajstić information content (AvgIpc) is 3.72. The van der Waals surface area contributed by atoms with Crippen LogP contribution < -0.4 is 4.74 Å². The van der Waals surface area contributed by atoms with Crippen LogP contribution in [0.2, 0.25) is 0 Å². The van der Waals surface area contributed by atoms with Crippen molar-refractivity contribution in [2.45, 2.75) is 46.3 Å². The molecule has 2 aromatic carbocycles. The highest BCUT2D eigenvalue weighted by Crippen LogP contribution is 2.35. The molecule has 10 nitrogen and oxygen atoms in total. The van der Waals surface area contributed by atoms with Crippen molar-refractivity contribution in [3.05, 3.63) is 82.6 Å². The first-order valence-electron chi connectivity index (χ1n) is 12.9. The Balaban J connectivity index is 1.30. The van der Waals surface area contributed by atoms with Gasteiger partial charge in [-0.15, -0.1) is 10.2 Å². The average molecular weight is 525 g/mol. The largest absolute Gasteiger partial charge is 0.488 e. The van der Waals surface area contributed by atoms with E-state index in [4.69, 9.17) is 18.6 Å². The number of tetrazole rings is 1. The lowest BCUT2D eigenvalue weighted by Gasteiger charge is -2.29. The first kappa shape index (κ1) is 24.6. The molecule has 1 amide bonds. The summed E-state index contributed by atoms with van der Waals surface area (Å²) in [6.07, 6.45) is 5.51. The van der Waals surface area contributed by atoms with Crippen molar-refractivity contribution in [3.8, 4) is 17.1 Å². The van der Waals surface area contributed by atoms with E-state index in [9.17, 15) is 4.79 Å². The molecule has 0 unspecified atom stereocenters. The minimum Gasteiger partial charge on any atom is -0.488 e. The first-order valence-corrected chi connectivity index (χ1v) is 12.9. The number of oxazole rings is 1. The second-order valence-electron chi connectivity index (χ2n) is 9.91. The van der Waals surface area contributed by atoms with Gasteiger partial charge >= 0.3 is 0 Å². The first-order chi connectivity index (χ1) is 19.0. The molecule has 4 heterocycles. The van der Waals surface area contributed by atoms with Gasteiger partial charge in [-0.05, 0) is 71.7 Å². The molecule has 0 saturated heterocycles. The van der Waals surface area contributed by atoms with Crippen molar-refractivity contribution >= 4 is 23.1 Å². The van der Waals surface area contributed by atoms with Gasteiger partial charge in [0.05, 0.1) is 11.8 Å². The monoisotopic (exact) mass is 524 g/mol. The second-order valence-corrected chi connectivity index (χ2v) is 9.91. The Morgan fingerprint density at radius 2 is 2.13 bits per heavy atom. The Kier molecular flexibility index (Phi) is 6.44. The summed E-state index contributed by atoms with van der Waals surface area (Å²) in [6, 6.07) is 11.6. The number of hydrogen-bond acceptors (Lipinski definition) is 8. The highest BCUT2D eigenvalue weighted by molar-refractivity contribution is 5.91. The SMILES string of the molecule is Cc1ccc2oc(C(C)C)nc2c1COc1cc2c(cc1-c1nn[nH]n1)CCN(C(=O)/C=C/c1ccco1)C2. The van der Waals surface area contributed by atoms with Gasteiger partial charge in [0.2, 0.25) is 11.7 Å². The molecule has 10 heteroatoms. The van der Waals surface area contributed by atoms with E-state index in [0.29, 0.717) is 42.7 Å². The van der Waals surface area contributed by atoms with E-state index in [1.165, 1.54) is 0 Å². The Morgan fingerprint density at radius 3 is 2.90 bits per heavy atom. The van der Waals surface area contributed by atoms with E-state index in [1.54, 1.807) is 24.5 Å². The van der Waals surface area contributed by atoms with Gasteiger partial charge in [-0.3, -0.25) is 4.79 Å². The van der Waals surface area contributed by atoms with Crippen LogP contribution in [0.5, 0.6) is 5.75 Å². The fourth-order valence-electron chi connectivity index (χ4n) is 4.74. The molecule has 0 bridgehead atoms. The smallest absolute Gasteiger partial charge is 0.246 e. The molecule has 39 heavy (non-hydrogen) atoms. The lowest BCUT2D eigenvalue weighted by molar-refractivity contribution is -0.126. The maximum absolute atomic E-state index is 12.9. The van der Waals surface area contributed by atoms with Crippen molar-refractivity contribution in [2.75, 3.05) is 6.54 Å². The molecular weight excluding hydrogens is 496 g/mol. The van der Waals surface area contributed by atoms with Gasteiger partial charge in [-0.2, -0.15) is 5.21 Å². The van der Waals surface area contributed by atoms with E-state index in [0.717, 1.165) is 38.9 Å². The number of aromatic nitrogens is 5. The number of furan rings is 1. The van der Waals surface area contributed by atoms with Crippen molar-refractivity contribution in [2.24, 2.45) is 0 Å². The van der Waals surface area contributed by atoms with E-state index < -0.39 is 0 Å². The number of benzene rings is 2. The summed E-state index contributed by atoms with van der Waals surface area (Å²) in [5, 5.41) is 14.7. The zero-order valence-corrected chi connectivity index (χ0v) is 22.0. The Hall–Kier alpha value is -4.73. The van der Waals surface area contributed by atoms with Crippen LogP contribution in [0.3, 0.4) is 0 Å². The van der Waals surface area contributed by atoms with Crippen LogP contribution in [-0.4, -0.2) is 43.0 Å². The summed E-state index contributed by atoms with van der Waals surface area (Å²) in [7, 11) is 0. The van der Waals surface area contributed by atoms with Gasteiger partial charge in [-0.1, -0.05) is 19.9 Å². The minimum atomic E-state index is -0.0731. The molecule has 1 aliphatic heterocycles. The molecule has 0 saturated carbocycles. The molecule has 5 aromatic rings. The normalized spacial score (nSPS) is 13.5. The summed E-state index contributed by atoms with van der Waals surface area (Å²) >= 11 is 0. The van der Waals surface area contributed by atoms with Crippen LogP contribution in [-0.2, 0) is 24.4 Å². The van der Waals surface area contributed by atoms with Gasteiger partial charge in [0.15, 0.2) is 11.5 Å².